The van der Waals surface area contributed by atoms with Gasteiger partial charge in [-0.05, 0) is 79.7 Å². The minimum Gasteiger partial charge on any atom is -0.508 e. The zero-order valence-corrected chi connectivity index (χ0v) is 57.1. The van der Waals surface area contributed by atoms with Gasteiger partial charge in [-0.2, -0.15) is 28.5 Å². The molecule has 4 N–H and O–H groups in total. The third-order valence-corrected chi connectivity index (χ3v) is 16.5. The molecule has 1 aliphatic rings. The molecule has 24 nitrogen and oxygen atoms in total. The molecule has 27 heteroatoms. The summed E-state index contributed by atoms with van der Waals surface area (Å²) in [5.74, 6) is 2.70. The topological polar surface area (TPSA) is 251 Å². The van der Waals surface area contributed by atoms with E-state index in [2.05, 4.69) is 71.8 Å². The Morgan fingerprint density at radius 1 is 0.529 bits per heavy atom. The Labute approximate surface area is 591 Å². The molecule has 6 aromatic carbocycles. The van der Waals surface area contributed by atoms with Crippen LogP contribution in [0.2, 0.25) is 0 Å². The Morgan fingerprint density at radius 3 is 1.37 bits per heavy atom. The van der Waals surface area contributed by atoms with Crippen LogP contribution in [0.15, 0.2) is 171 Å². The second-order valence-electron chi connectivity index (χ2n) is 24.4. The third-order valence-electron chi connectivity index (χ3n) is 16.5. The summed E-state index contributed by atoms with van der Waals surface area (Å²) < 4.78 is 70.1. The van der Waals surface area contributed by atoms with Gasteiger partial charge in [-0.3, -0.25) is 29.0 Å². The van der Waals surface area contributed by atoms with E-state index in [0.29, 0.717) is 66.9 Å². The molecule has 0 spiro atoms. The predicted octanol–water partition coefficient (Wildman–Crippen LogP) is 13.1. The van der Waals surface area contributed by atoms with Gasteiger partial charge in [0.25, 0.3) is 0 Å². The highest BCUT2D eigenvalue weighted by molar-refractivity contribution is 5.85. The fraction of sp³-hybridized carbons (Fsp3) is 0.320. The van der Waals surface area contributed by atoms with Crippen LogP contribution in [-0.4, -0.2) is 169 Å². The molecule has 102 heavy (non-hydrogen) atoms. The number of nitrogens with one attached hydrogen (secondary N) is 2. The molecule has 0 bridgehead atoms. The highest BCUT2D eigenvalue weighted by Crippen LogP contribution is 2.40. The Hall–Kier alpha value is -11.0. The molecule has 1 fully saturated rings. The first kappa shape index (κ1) is 75.2. The minimum absolute atomic E-state index is 0. The molecule has 0 unspecified atom stereocenters. The normalized spacial score (nSPS) is 12.3. The summed E-state index contributed by atoms with van der Waals surface area (Å²) >= 11 is 0. The molecule has 0 amide bonds. The van der Waals surface area contributed by atoms with Gasteiger partial charge in [0, 0.05) is 171 Å². The van der Waals surface area contributed by atoms with Gasteiger partial charge in [0.15, 0.2) is 0 Å². The van der Waals surface area contributed by atoms with Crippen molar-refractivity contribution in [2.45, 2.75) is 47.3 Å². The Kier molecular flexibility index (Phi) is 25.0. The van der Waals surface area contributed by atoms with Gasteiger partial charge in [-0.25, -0.2) is 15.0 Å². The Morgan fingerprint density at radius 2 is 0.961 bits per heavy atom. The number of hydrogen-bond acceptors (Lipinski definition) is 21. The highest BCUT2D eigenvalue weighted by atomic mass is 19.4. The fourth-order valence-electron chi connectivity index (χ4n) is 11.4. The van der Waals surface area contributed by atoms with Crippen LogP contribution >= 0.6 is 0 Å². The first-order valence-electron chi connectivity index (χ1n) is 32.3. The number of rotatable bonds is 25. The molecule has 7 heterocycles. The van der Waals surface area contributed by atoms with E-state index in [1.54, 1.807) is 84.7 Å². The molecule has 0 radical (unpaired) electrons. The molecule has 6 aromatic heterocycles. The largest absolute Gasteiger partial charge is 0.508 e. The molecular formula is C75H88F3N17O7. The Bertz CT molecular complexity index is 4710. The van der Waals surface area contributed by atoms with Crippen molar-refractivity contribution < 1.29 is 47.1 Å². The van der Waals surface area contributed by atoms with Crippen molar-refractivity contribution >= 4 is 67.2 Å². The number of aliphatic hydroxyl groups is 1. The number of aromatic hydroxyl groups is 1. The number of aliphatic hydroxyl groups excluding tert-OH is 1. The van der Waals surface area contributed by atoms with E-state index in [0.717, 1.165) is 109 Å². The van der Waals surface area contributed by atoms with Crippen molar-refractivity contribution in [2.75, 3.05) is 102 Å². The number of halogens is 3. The van der Waals surface area contributed by atoms with Gasteiger partial charge < -0.3 is 59.2 Å². The monoisotopic (exact) mass is 1400 g/mol. The quantitative estimate of drug-likeness (QED) is 0.0388. The average molecular weight is 1400 g/mol. The zero-order valence-electron chi connectivity index (χ0n) is 57.1. The smallest absolute Gasteiger partial charge is 0.401 e. The van der Waals surface area contributed by atoms with Crippen LogP contribution in [0.3, 0.4) is 0 Å². The number of hydrogen-bond donors (Lipinski definition) is 4. The van der Waals surface area contributed by atoms with Crippen molar-refractivity contribution in [3.05, 3.63) is 171 Å². The van der Waals surface area contributed by atoms with Crippen LogP contribution < -0.4 is 44.3 Å². The maximum Gasteiger partial charge on any atom is 0.401 e. The Balaban J connectivity index is 0.000000178. The van der Waals surface area contributed by atoms with Crippen LogP contribution in [0.25, 0.3) is 66.9 Å². The standard InChI is InChI=1S/C28H34N6O3.C24H25F3N6O2.C21H21N5O2.2CH4/c1-19(2)30-15-28(17-37-18-28)16-34(22-8-23(35-4)11-24(9-22)36-5)21-6-7-25-26(10-21)32-27(13-29-25)20-12-31-33(3)14-20;1-32-14-16(12-30-32)23-13-29-21-5-4-17(10-22(21)31-23)33(7-3-6-28-15-24(25,26)27)18-8-19(34)11-20(9-18)35-2;1-25-14-15(12-23-25)21-13-22-19-7-6-17(11-20(19)24-21)26(8-9-27)16-4-3-5-18(10-16)28-2;;/h6-14,19,30H,15-18H2,1-5H3;4-5,8-14,28,34H,3,6-7,15H2,1-2H3;3-7,10-14,27H,8-9H2,1-2H3;2*1H4. The number of nitrogens with zero attached hydrogens (tertiary/aromatic N) is 15. The number of aromatic nitrogens is 12. The van der Waals surface area contributed by atoms with Crippen LogP contribution in [0.1, 0.15) is 35.1 Å². The van der Waals surface area contributed by atoms with Crippen LogP contribution in [0.5, 0.6) is 28.7 Å². The van der Waals surface area contributed by atoms with E-state index in [9.17, 15) is 23.4 Å². The van der Waals surface area contributed by atoms with E-state index in [-0.39, 0.29) is 39.2 Å². The van der Waals surface area contributed by atoms with Crippen molar-refractivity contribution in [1.29, 1.82) is 0 Å². The number of methoxy groups -OCH3 is 4. The average Bonchev–Trinajstić information content (AvgIpc) is 0.905. The number of phenols is 1. The summed E-state index contributed by atoms with van der Waals surface area (Å²) in [4.78, 5) is 34.3. The third kappa shape index (κ3) is 18.9. The number of phenolic OH excluding ortho intramolecular Hbond substituents is 1. The lowest BCUT2D eigenvalue weighted by Crippen LogP contribution is -2.56. The molecule has 0 atom stereocenters. The van der Waals surface area contributed by atoms with Gasteiger partial charge in [0.05, 0.1) is 142 Å². The van der Waals surface area contributed by atoms with Crippen LogP contribution in [0, 0.1) is 5.41 Å². The van der Waals surface area contributed by atoms with E-state index < -0.39 is 12.7 Å². The molecular weight excluding hydrogens is 1310 g/mol. The highest BCUT2D eigenvalue weighted by Gasteiger charge is 2.41. The lowest BCUT2D eigenvalue weighted by atomic mass is 9.84. The maximum atomic E-state index is 12.5. The summed E-state index contributed by atoms with van der Waals surface area (Å²) in [5.41, 5.74) is 14.7. The molecule has 1 aliphatic heterocycles. The van der Waals surface area contributed by atoms with E-state index in [1.165, 1.54) is 13.2 Å². The van der Waals surface area contributed by atoms with Crippen molar-refractivity contribution in [2.24, 2.45) is 26.6 Å². The summed E-state index contributed by atoms with van der Waals surface area (Å²) in [6, 6.07) is 36.6. The molecule has 1 saturated heterocycles. The summed E-state index contributed by atoms with van der Waals surface area (Å²) in [6.07, 6.45) is 12.4. The first-order valence-corrected chi connectivity index (χ1v) is 32.3. The minimum atomic E-state index is -4.26. The fourth-order valence-corrected chi connectivity index (χ4v) is 11.4. The number of fused-ring (bicyclic) bond motifs is 3. The van der Waals surface area contributed by atoms with Gasteiger partial charge in [0.2, 0.25) is 0 Å². The van der Waals surface area contributed by atoms with E-state index in [4.69, 9.17) is 38.6 Å². The predicted molar refractivity (Wildman–Crippen MR) is 394 cm³/mol. The van der Waals surface area contributed by atoms with Crippen LogP contribution in [0.4, 0.5) is 47.3 Å². The van der Waals surface area contributed by atoms with Gasteiger partial charge in [-0.15, -0.1) is 0 Å². The second kappa shape index (κ2) is 33.9. The van der Waals surface area contributed by atoms with Crippen LogP contribution in [-0.2, 0) is 25.9 Å². The first-order chi connectivity index (χ1) is 48.3. The number of alkyl halides is 3. The number of anilines is 6. The number of aryl methyl sites for hydroxylation is 3. The van der Waals surface area contributed by atoms with Crippen molar-refractivity contribution in [1.82, 2.24) is 69.9 Å². The SMILES string of the molecule is C.C.COc1cc(O)cc(N(CCCNCC(F)(F)F)c2ccc3ncc(-c4cnn(C)c4)nc3c2)c1.COc1cc(OC)cc(N(CC2(CNC(C)C)COC2)c2ccc3ncc(-c4cnn(C)c4)nc3c2)c1.COc1cccc(N(CCO)c2ccc3ncc(-c4cnn(C)c4)nc3c2)c1. The molecule has 12 aromatic rings. The zero-order chi connectivity index (χ0) is 70.5. The lowest BCUT2D eigenvalue weighted by molar-refractivity contribution is -0.124. The maximum absolute atomic E-state index is 12.5. The summed E-state index contributed by atoms with van der Waals surface area (Å²) in [5, 5.41) is 38.4. The van der Waals surface area contributed by atoms with Crippen molar-refractivity contribution in [3.63, 3.8) is 0 Å². The molecule has 0 aliphatic carbocycles. The molecule has 13 rings (SSSR count). The van der Waals surface area contributed by atoms with Crippen molar-refractivity contribution in [3.8, 4) is 62.5 Å². The van der Waals surface area contributed by atoms with E-state index in [1.807, 2.05) is 134 Å². The van der Waals surface area contributed by atoms with E-state index >= 15 is 0 Å². The number of ether oxygens (including phenoxy) is 5. The second-order valence-corrected chi connectivity index (χ2v) is 24.4. The van der Waals surface area contributed by atoms with Gasteiger partial charge in [-0.1, -0.05) is 34.8 Å². The molecule has 536 valence electrons. The lowest BCUT2D eigenvalue weighted by Gasteiger charge is -2.45. The van der Waals surface area contributed by atoms with Gasteiger partial charge in [0.1, 0.15) is 28.7 Å². The summed E-state index contributed by atoms with van der Waals surface area (Å²) in [6.45, 7) is 7.33. The number of benzene rings is 6. The summed E-state index contributed by atoms with van der Waals surface area (Å²) in [7, 11) is 12.1. The van der Waals surface area contributed by atoms with Gasteiger partial charge >= 0.3 is 6.18 Å². The molecule has 0 saturated carbocycles.